The fraction of sp³-hybridized carbons (Fsp3) is 0.200. The minimum absolute atomic E-state index is 0.143. The number of ether oxygens (including phenoxy) is 1. The number of aromatic hydroxyl groups is 1. The maximum Gasteiger partial charge on any atom is 0.160 e. The molecule has 0 unspecified atom stereocenters. The van der Waals surface area contributed by atoms with Crippen molar-refractivity contribution in [3.63, 3.8) is 0 Å². The molecule has 3 nitrogen and oxygen atoms in total. The van der Waals surface area contributed by atoms with E-state index in [1.807, 2.05) is 6.07 Å². The summed E-state index contributed by atoms with van der Waals surface area (Å²) in [4.78, 5) is 0. The van der Waals surface area contributed by atoms with E-state index in [-0.39, 0.29) is 5.75 Å². The SMILES string of the molecule is C=Cc1ccc(OC)c(O)c1.CO. The van der Waals surface area contributed by atoms with Crippen LogP contribution in [-0.2, 0) is 0 Å². The zero-order valence-corrected chi connectivity index (χ0v) is 7.82. The maximum absolute atomic E-state index is 9.25. The van der Waals surface area contributed by atoms with Crippen molar-refractivity contribution in [2.75, 3.05) is 14.2 Å². The first-order chi connectivity index (χ1) is 6.27. The van der Waals surface area contributed by atoms with Crippen molar-refractivity contribution in [2.24, 2.45) is 0 Å². The number of aliphatic hydroxyl groups is 1. The summed E-state index contributed by atoms with van der Waals surface area (Å²) < 4.78 is 4.86. The summed E-state index contributed by atoms with van der Waals surface area (Å²) in [6, 6.07) is 5.13. The van der Waals surface area contributed by atoms with Crippen molar-refractivity contribution in [3.05, 3.63) is 30.3 Å². The number of phenolic OH excluding ortho intramolecular Hbond substituents is 1. The lowest BCUT2D eigenvalue weighted by atomic mass is 10.2. The average molecular weight is 182 g/mol. The Bertz CT molecular complexity index is 269. The third-order valence-corrected chi connectivity index (χ3v) is 1.44. The van der Waals surface area contributed by atoms with E-state index in [0.717, 1.165) is 12.7 Å². The lowest BCUT2D eigenvalue weighted by Gasteiger charge is -2.02. The molecule has 0 spiro atoms. The van der Waals surface area contributed by atoms with E-state index in [0.29, 0.717) is 5.75 Å². The minimum atomic E-state index is 0.143. The van der Waals surface area contributed by atoms with E-state index in [1.54, 1.807) is 18.2 Å². The molecule has 0 heterocycles. The molecule has 0 saturated carbocycles. The largest absolute Gasteiger partial charge is 0.504 e. The summed E-state index contributed by atoms with van der Waals surface area (Å²) in [7, 11) is 2.52. The molecule has 0 aliphatic heterocycles. The van der Waals surface area contributed by atoms with Crippen molar-refractivity contribution in [3.8, 4) is 11.5 Å². The highest BCUT2D eigenvalue weighted by Gasteiger charge is 1.98. The number of aliphatic hydroxyl groups excluding tert-OH is 1. The van der Waals surface area contributed by atoms with Gasteiger partial charge >= 0.3 is 0 Å². The van der Waals surface area contributed by atoms with Crippen LogP contribution in [0.15, 0.2) is 24.8 Å². The molecular formula is C10H14O3. The van der Waals surface area contributed by atoms with Crippen LogP contribution in [-0.4, -0.2) is 24.4 Å². The van der Waals surface area contributed by atoms with Crippen molar-refractivity contribution in [2.45, 2.75) is 0 Å². The second-order valence-corrected chi connectivity index (χ2v) is 2.14. The van der Waals surface area contributed by atoms with Gasteiger partial charge in [0.1, 0.15) is 0 Å². The summed E-state index contributed by atoms with van der Waals surface area (Å²) in [5, 5.41) is 16.2. The van der Waals surface area contributed by atoms with Gasteiger partial charge in [-0.2, -0.15) is 0 Å². The molecule has 1 aromatic carbocycles. The highest BCUT2D eigenvalue weighted by Crippen LogP contribution is 2.26. The van der Waals surface area contributed by atoms with Crippen LogP contribution in [0.2, 0.25) is 0 Å². The summed E-state index contributed by atoms with van der Waals surface area (Å²) in [5.74, 6) is 0.625. The van der Waals surface area contributed by atoms with E-state index in [1.165, 1.54) is 7.11 Å². The Balaban J connectivity index is 0.000000671. The van der Waals surface area contributed by atoms with E-state index in [4.69, 9.17) is 9.84 Å². The second-order valence-electron chi connectivity index (χ2n) is 2.14. The first-order valence-corrected chi connectivity index (χ1v) is 3.72. The quantitative estimate of drug-likeness (QED) is 0.731. The van der Waals surface area contributed by atoms with Gasteiger partial charge in [-0.25, -0.2) is 0 Å². The van der Waals surface area contributed by atoms with Gasteiger partial charge in [0.15, 0.2) is 11.5 Å². The molecule has 0 fully saturated rings. The summed E-state index contributed by atoms with van der Waals surface area (Å²) >= 11 is 0. The Morgan fingerprint density at radius 1 is 1.38 bits per heavy atom. The molecule has 2 N–H and O–H groups in total. The van der Waals surface area contributed by atoms with E-state index < -0.39 is 0 Å². The van der Waals surface area contributed by atoms with Crippen LogP contribution in [0.5, 0.6) is 11.5 Å². The van der Waals surface area contributed by atoms with Crippen molar-refractivity contribution < 1.29 is 14.9 Å². The number of hydrogen-bond donors (Lipinski definition) is 2. The molecule has 1 aromatic rings. The summed E-state index contributed by atoms with van der Waals surface area (Å²) in [6.07, 6.45) is 1.67. The molecule has 3 heteroatoms. The average Bonchev–Trinajstić information content (AvgIpc) is 2.20. The molecule has 0 saturated heterocycles. The summed E-state index contributed by atoms with van der Waals surface area (Å²) in [5.41, 5.74) is 0.878. The molecule has 1 rings (SSSR count). The monoisotopic (exact) mass is 182 g/mol. The molecule has 72 valence electrons. The number of hydrogen-bond acceptors (Lipinski definition) is 3. The fourth-order valence-corrected chi connectivity index (χ4v) is 0.834. The van der Waals surface area contributed by atoms with Crippen LogP contribution in [0.1, 0.15) is 5.56 Å². The second kappa shape index (κ2) is 6.08. The number of phenols is 1. The number of benzene rings is 1. The molecule has 13 heavy (non-hydrogen) atoms. The molecular weight excluding hydrogens is 168 g/mol. The first kappa shape index (κ1) is 11.5. The Hall–Kier alpha value is -1.48. The third kappa shape index (κ3) is 3.17. The maximum atomic E-state index is 9.25. The van der Waals surface area contributed by atoms with Gasteiger partial charge in [-0.05, 0) is 17.7 Å². The lowest BCUT2D eigenvalue weighted by molar-refractivity contribution is 0.373. The van der Waals surface area contributed by atoms with Gasteiger partial charge in [-0.3, -0.25) is 0 Å². The normalized spacial score (nSPS) is 8.23. The van der Waals surface area contributed by atoms with E-state index in [2.05, 4.69) is 6.58 Å². The Morgan fingerprint density at radius 2 is 2.00 bits per heavy atom. The molecule has 0 aliphatic carbocycles. The summed E-state index contributed by atoms with van der Waals surface area (Å²) in [6.45, 7) is 3.58. The van der Waals surface area contributed by atoms with Gasteiger partial charge in [-0.1, -0.05) is 18.7 Å². The van der Waals surface area contributed by atoms with Crippen LogP contribution in [0.25, 0.3) is 6.08 Å². The Morgan fingerprint density at radius 3 is 2.38 bits per heavy atom. The Labute approximate surface area is 77.9 Å². The van der Waals surface area contributed by atoms with Crippen LogP contribution in [0.3, 0.4) is 0 Å². The molecule has 0 aromatic heterocycles. The zero-order valence-electron chi connectivity index (χ0n) is 7.82. The van der Waals surface area contributed by atoms with Crippen LogP contribution >= 0.6 is 0 Å². The van der Waals surface area contributed by atoms with Gasteiger partial charge in [0.25, 0.3) is 0 Å². The van der Waals surface area contributed by atoms with E-state index in [9.17, 15) is 5.11 Å². The highest BCUT2D eigenvalue weighted by molar-refractivity contribution is 5.53. The van der Waals surface area contributed by atoms with Crippen LogP contribution in [0, 0.1) is 0 Å². The minimum Gasteiger partial charge on any atom is -0.504 e. The van der Waals surface area contributed by atoms with Gasteiger partial charge in [-0.15, -0.1) is 0 Å². The predicted octanol–water partition coefficient (Wildman–Crippen LogP) is 1.65. The Kier molecular flexibility index (Phi) is 5.39. The van der Waals surface area contributed by atoms with E-state index >= 15 is 0 Å². The third-order valence-electron chi connectivity index (χ3n) is 1.44. The molecule has 0 aliphatic rings. The lowest BCUT2D eigenvalue weighted by Crippen LogP contribution is -1.83. The topological polar surface area (TPSA) is 49.7 Å². The zero-order chi connectivity index (χ0) is 10.3. The number of methoxy groups -OCH3 is 1. The van der Waals surface area contributed by atoms with Gasteiger partial charge < -0.3 is 14.9 Å². The molecule has 0 atom stereocenters. The van der Waals surface area contributed by atoms with Crippen molar-refractivity contribution in [1.29, 1.82) is 0 Å². The first-order valence-electron chi connectivity index (χ1n) is 3.72. The van der Waals surface area contributed by atoms with Gasteiger partial charge in [0.2, 0.25) is 0 Å². The van der Waals surface area contributed by atoms with Crippen LogP contribution < -0.4 is 4.74 Å². The molecule has 0 amide bonds. The van der Waals surface area contributed by atoms with Gasteiger partial charge in [0.05, 0.1) is 7.11 Å². The smallest absolute Gasteiger partial charge is 0.160 e. The predicted molar refractivity (Wildman–Crippen MR) is 52.9 cm³/mol. The molecule has 0 bridgehead atoms. The molecule has 0 radical (unpaired) electrons. The fourth-order valence-electron chi connectivity index (χ4n) is 0.834. The van der Waals surface area contributed by atoms with Gasteiger partial charge in [0, 0.05) is 7.11 Å². The van der Waals surface area contributed by atoms with Crippen molar-refractivity contribution in [1.82, 2.24) is 0 Å². The van der Waals surface area contributed by atoms with Crippen LogP contribution in [0.4, 0.5) is 0 Å². The highest BCUT2D eigenvalue weighted by atomic mass is 16.5. The number of rotatable bonds is 2. The standard InChI is InChI=1S/C9H10O2.CH4O/c1-3-7-4-5-9(11-2)8(10)6-7;1-2/h3-6,10H,1H2,2H3;2H,1H3. The van der Waals surface area contributed by atoms with Crippen molar-refractivity contribution >= 4 is 6.08 Å².